The number of aromatic nitrogens is 6. The number of halogens is 6. The number of anilines is 4. The van der Waals surface area contributed by atoms with Crippen LogP contribution in [0.15, 0.2) is 87.1 Å². The molecule has 0 aliphatic rings. The summed E-state index contributed by atoms with van der Waals surface area (Å²) in [7, 11) is 0. The van der Waals surface area contributed by atoms with E-state index in [1.54, 1.807) is 67.1 Å². The number of nitriles is 2. The van der Waals surface area contributed by atoms with Gasteiger partial charge in [0.1, 0.15) is 5.15 Å². The van der Waals surface area contributed by atoms with E-state index in [9.17, 15) is 9.36 Å². The lowest BCUT2D eigenvalue weighted by molar-refractivity contribution is 0.600. The van der Waals surface area contributed by atoms with Gasteiger partial charge in [0.15, 0.2) is 0 Å². The van der Waals surface area contributed by atoms with Gasteiger partial charge in [-0.25, -0.2) is 15.0 Å². The highest BCUT2D eigenvalue weighted by Gasteiger charge is 2.10. The minimum atomic E-state index is -3.22. The molecule has 0 aliphatic heterocycles. The van der Waals surface area contributed by atoms with Crippen molar-refractivity contribution in [2.75, 3.05) is 10.6 Å². The molecule has 19 heteroatoms. The minimum absolute atomic E-state index is 0.273. The molecule has 0 amide bonds. The van der Waals surface area contributed by atoms with Crippen LogP contribution in [0.5, 0.6) is 0 Å². The number of H-pyrrole nitrogens is 1. The molecule has 6 rings (SSSR count). The summed E-state index contributed by atoms with van der Waals surface area (Å²) >= 11 is 26.7. The van der Waals surface area contributed by atoms with E-state index in [4.69, 9.17) is 22.1 Å². The Hall–Kier alpha value is -3.85. The van der Waals surface area contributed by atoms with Crippen molar-refractivity contribution < 1.29 is 4.57 Å². The maximum Gasteiger partial charge on any atom is 0.339 e. The molecule has 47 heavy (non-hydrogen) atoms. The van der Waals surface area contributed by atoms with Crippen LogP contribution in [0.2, 0.25) is 5.15 Å². The third-order valence-corrected chi connectivity index (χ3v) is 7.09. The van der Waals surface area contributed by atoms with Crippen LogP contribution in [0.25, 0.3) is 21.8 Å². The zero-order chi connectivity index (χ0) is 34.1. The standard InChI is InChI=1S/C14H7BrClN5.C14H8BrN5O.Cl3OP/c15-11-7-18-6-10-12(11)20-14(21-13(10)16)19-9-3-1-8(5-17)2-4-9;15-11-7-17-6-10-12(11)19-14(20-13(10)21)18-9-3-1-8(5-16)2-4-9;1-5(2,3)4/h1-4,6-7H,(H,19,20,21);1-4,6-7H,(H2,18,19,20,21);. The summed E-state index contributed by atoms with van der Waals surface area (Å²) in [6.07, 6.45) is 6.32. The number of rotatable bonds is 4. The zero-order valence-corrected chi connectivity index (χ0v) is 30.2. The van der Waals surface area contributed by atoms with E-state index in [0.29, 0.717) is 54.5 Å². The fourth-order valence-corrected chi connectivity index (χ4v) is 4.70. The minimum Gasteiger partial charge on any atom is -0.326 e. The van der Waals surface area contributed by atoms with Crippen molar-refractivity contribution in [3.05, 3.63) is 109 Å². The highest BCUT2D eigenvalue weighted by molar-refractivity contribution is 9.11. The Morgan fingerprint density at radius 1 is 0.723 bits per heavy atom. The van der Waals surface area contributed by atoms with Gasteiger partial charge in [0.2, 0.25) is 11.9 Å². The molecule has 0 radical (unpaired) electrons. The smallest absolute Gasteiger partial charge is 0.326 e. The average Bonchev–Trinajstić information content (AvgIpc) is 3.03. The molecule has 3 N–H and O–H groups in total. The molecule has 0 unspecified atom stereocenters. The Bertz CT molecular complexity index is 2250. The SMILES string of the molecule is N#Cc1ccc(Nc2nc(Cl)c3cncc(Br)c3n2)cc1.N#Cc1ccc(Nc2nc3c(Br)cncc3c(=O)[nH]2)cc1.O=P(Cl)(Cl)Cl. The van der Waals surface area contributed by atoms with Crippen molar-refractivity contribution in [3.63, 3.8) is 0 Å². The lowest BCUT2D eigenvalue weighted by atomic mass is 10.2. The third-order valence-electron chi connectivity index (χ3n) is 5.64. The number of hydrogen-bond donors (Lipinski definition) is 3. The second-order valence-corrected chi connectivity index (χ2v) is 17.5. The molecule has 0 atom stereocenters. The molecule has 2 aromatic carbocycles. The Balaban J connectivity index is 0.000000186. The summed E-state index contributed by atoms with van der Waals surface area (Å²) in [5, 5.41) is 21.8. The molecule has 4 aromatic heterocycles. The van der Waals surface area contributed by atoms with Crippen molar-refractivity contribution in [2.24, 2.45) is 0 Å². The summed E-state index contributed by atoms with van der Waals surface area (Å²) in [6, 6.07) is 17.9. The lowest BCUT2D eigenvalue weighted by Gasteiger charge is -2.07. The van der Waals surface area contributed by atoms with E-state index >= 15 is 0 Å². The van der Waals surface area contributed by atoms with Gasteiger partial charge in [-0.3, -0.25) is 24.3 Å². The normalized spacial score (nSPS) is 10.5. The molecular weight excluding hydrogens is 841 g/mol. The fourth-order valence-electron chi connectivity index (χ4n) is 3.64. The third kappa shape index (κ3) is 10.6. The highest BCUT2D eigenvalue weighted by Crippen LogP contribution is 2.61. The number of benzene rings is 2. The highest BCUT2D eigenvalue weighted by atomic mass is 79.9. The number of pyridine rings is 2. The molecular formula is C28H15Br2Cl4N10O2P. The summed E-state index contributed by atoms with van der Waals surface area (Å²) in [5.74, 6) is 0.702. The lowest BCUT2D eigenvalue weighted by Crippen LogP contribution is -2.11. The molecule has 0 fully saturated rings. The van der Waals surface area contributed by atoms with Crippen LogP contribution in [0.4, 0.5) is 23.3 Å². The first-order chi connectivity index (χ1) is 22.3. The van der Waals surface area contributed by atoms with Crippen LogP contribution in [-0.4, -0.2) is 29.9 Å². The Kier molecular flexibility index (Phi) is 12.5. The number of aromatic amines is 1. The summed E-state index contributed by atoms with van der Waals surface area (Å²) in [6.45, 7) is 0. The second-order valence-electron chi connectivity index (χ2n) is 8.81. The predicted molar refractivity (Wildman–Crippen MR) is 192 cm³/mol. The molecule has 0 saturated heterocycles. The van der Waals surface area contributed by atoms with Gasteiger partial charge < -0.3 is 10.6 Å². The van der Waals surface area contributed by atoms with Gasteiger partial charge in [0.05, 0.1) is 54.0 Å². The van der Waals surface area contributed by atoms with Crippen molar-refractivity contribution >= 4 is 127 Å². The molecule has 236 valence electrons. The van der Waals surface area contributed by atoms with Crippen molar-refractivity contribution in [1.29, 1.82) is 10.5 Å². The van der Waals surface area contributed by atoms with Crippen molar-refractivity contribution in [3.8, 4) is 12.1 Å². The van der Waals surface area contributed by atoms with Crippen molar-refractivity contribution in [2.45, 2.75) is 0 Å². The number of fused-ring (bicyclic) bond motifs is 2. The van der Waals surface area contributed by atoms with Crippen LogP contribution in [0, 0.1) is 22.7 Å². The van der Waals surface area contributed by atoms with Gasteiger partial charge in [0.25, 0.3) is 5.56 Å². The topological polar surface area (TPSA) is 186 Å². The number of nitrogens with zero attached hydrogens (tertiary/aromatic N) is 7. The first-order valence-electron chi connectivity index (χ1n) is 12.6. The number of hydrogen-bond acceptors (Lipinski definition) is 11. The van der Waals surface area contributed by atoms with E-state index in [-0.39, 0.29) is 5.56 Å². The van der Waals surface area contributed by atoms with Gasteiger partial charge in [-0.15, -0.1) is 0 Å². The molecule has 0 bridgehead atoms. The quantitative estimate of drug-likeness (QED) is 0.113. The van der Waals surface area contributed by atoms with Gasteiger partial charge in [-0.05, 0) is 114 Å². The molecule has 6 aromatic rings. The van der Waals surface area contributed by atoms with E-state index in [2.05, 4.69) is 112 Å². The van der Waals surface area contributed by atoms with Crippen LogP contribution < -0.4 is 16.2 Å². The summed E-state index contributed by atoms with van der Waals surface area (Å²) in [5.41, 5.74) is 3.59. The summed E-state index contributed by atoms with van der Waals surface area (Å²) < 4.78 is 10.9. The van der Waals surface area contributed by atoms with E-state index in [1.807, 2.05) is 6.07 Å². The van der Waals surface area contributed by atoms with E-state index < -0.39 is 5.20 Å². The van der Waals surface area contributed by atoms with Crippen LogP contribution in [0.1, 0.15) is 11.1 Å². The van der Waals surface area contributed by atoms with Gasteiger partial charge in [0, 0.05) is 36.2 Å². The Morgan fingerprint density at radius 3 is 1.70 bits per heavy atom. The Labute approximate surface area is 302 Å². The van der Waals surface area contributed by atoms with Crippen LogP contribution in [-0.2, 0) is 4.57 Å². The van der Waals surface area contributed by atoms with Gasteiger partial charge in [-0.1, -0.05) is 11.6 Å². The average molecular weight is 856 g/mol. The largest absolute Gasteiger partial charge is 0.339 e. The molecule has 0 saturated carbocycles. The maximum absolute atomic E-state index is 12.0. The predicted octanol–water partition coefficient (Wildman–Crippen LogP) is 9.56. The molecule has 0 aliphatic carbocycles. The van der Waals surface area contributed by atoms with Crippen LogP contribution in [0.3, 0.4) is 0 Å². The van der Waals surface area contributed by atoms with E-state index in [0.717, 1.165) is 15.8 Å². The van der Waals surface area contributed by atoms with Crippen molar-refractivity contribution in [1.82, 2.24) is 29.9 Å². The monoisotopic (exact) mass is 852 g/mol. The summed E-state index contributed by atoms with van der Waals surface area (Å²) in [4.78, 5) is 35.6. The van der Waals surface area contributed by atoms with Gasteiger partial charge in [-0.2, -0.15) is 10.5 Å². The Morgan fingerprint density at radius 2 is 1.19 bits per heavy atom. The van der Waals surface area contributed by atoms with Crippen LogP contribution >= 0.6 is 82.4 Å². The molecule has 12 nitrogen and oxygen atoms in total. The zero-order valence-electron chi connectivity index (χ0n) is 23.1. The second kappa shape index (κ2) is 16.3. The molecule has 0 spiro atoms. The van der Waals surface area contributed by atoms with E-state index in [1.165, 1.54) is 6.20 Å². The fraction of sp³-hybridized carbons (Fsp3) is 0. The molecule has 4 heterocycles. The maximum atomic E-state index is 12.0. The van der Waals surface area contributed by atoms with Gasteiger partial charge >= 0.3 is 5.20 Å². The first kappa shape index (κ1) is 36.0. The first-order valence-corrected chi connectivity index (χ1v) is 19.0. The number of nitrogens with one attached hydrogen (secondary N) is 3.